The van der Waals surface area contributed by atoms with Gasteiger partial charge in [0.15, 0.2) is 0 Å². The van der Waals surface area contributed by atoms with E-state index in [4.69, 9.17) is 14.2 Å². The number of nitrogens with one attached hydrogen (secondary N) is 1. The van der Waals surface area contributed by atoms with Crippen LogP contribution in [0.3, 0.4) is 0 Å². The predicted molar refractivity (Wildman–Crippen MR) is 112 cm³/mol. The Labute approximate surface area is 172 Å². The van der Waals surface area contributed by atoms with E-state index < -0.39 is 0 Å². The van der Waals surface area contributed by atoms with Crippen molar-refractivity contribution in [3.63, 3.8) is 0 Å². The lowest BCUT2D eigenvalue weighted by Crippen LogP contribution is -2.43. The molecule has 0 aliphatic carbocycles. The van der Waals surface area contributed by atoms with Gasteiger partial charge in [0.05, 0.1) is 32.9 Å². The summed E-state index contributed by atoms with van der Waals surface area (Å²) in [6.07, 6.45) is 2.23. The molecule has 0 aromatic heterocycles. The molecule has 1 fully saturated rings. The summed E-state index contributed by atoms with van der Waals surface area (Å²) in [5.41, 5.74) is 2.00. The molecule has 1 aliphatic rings. The van der Waals surface area contributed by atoms with Gasteiger partial charge < -0.3 is 19.5 Å². The quantitative estimate of drug-likeness (QED) is 0.741. The molecule has 6 heteroatoms. The summed E-state index contributed by atoms with van der Waals surface area (Å²) in [5.74, 6) is 1.58. The highest BCUT2D eigenvalue weighted by Gasteiger charge is 2.23. The molecule has 0 unspecified atom stereocenters. The Kier molecular flexibility index (Phi) is 7.49. The van der Waals surface area contributed by atoms with Crippen LogP contribution in [0.1, 0.15) is 30.0 Å². The van der Waals surface area contributed by atoms with Crippen molar-refractivity contribution in [2.24, 2.45) is 0 Å². The third-order valence-corrected chi connectivity index (χ3v) is 5.44. The van der Waals surface area contributed by atoms with E-state index in [1.165, 1.54) is 0 Å². The number of methoxy groups -OCH3 is 3. The van der Waals surface area contributed by atoms with E-state index in [-0.39, 0.29) is 11.9 Å². The summed E-state index contributed by atoms with van der Waals surface area (Å²) < 4.78 is 15.9. The predicted octanol–water partition coefficient (Wildman–Crippen LogP) is 3.02. The van der Waals surface area contributed by atoms with Crippen molar-refractivity contribution in [1.82, 2.24) is 10.2 Å². The minimum Gasteiger partial charge on any atom is -0.497 e. The molecule has 156 valence electrons. The number of amides is 1. The van der Waals surface area contributed by atoms with Gasteiger partial charge in [-0.25, -0.2) is 0 Å². The molecule has 29 heavy (non-hydrogen) atoms. The van der Waals surface area contributed by atoms with Crippen LogP contribution in [0.2, 0.25) is 0 Å². The highest BCUT2D eigenvalue weighted by Crippen LogP contribution is 2.26. The maximum Gasteiger partial charge on any atom is 0.234 e. The number of hydrogen-bond donors (Lipinski definition) is 1. The van der Waals surface area contributed by atoms with Gasteiger partial charge in [-0.2, -0.15) is 0 Å². The van der Waals surface area contributed by atoms with Crippen LogP contribution in [0.15, 0.2) is 48.5 Å². The second kappa shape index (κ2) is 10.3. The Morgan fingerprint density at radius 1 is 0.931 bits per heavy atom. The Morgan fingerprint density at radius 3 is 1.83 bits per heavy atom. The molecule has 0 atom stereocenters. The smallest absolute Gasteiger partial charge is 0.234 e. The van der Waals surface area contributed by atoms with E-state index in [2.05, 4.69) is 10.2 Å². The third kappa shape index (κ3) is 5.71. The monoisotopic (exact) mass is 398 g/mol. The molecule has 2 aromatic rings. The van der Waals surface area contributed by atoms with Crippen molar-refractivity contribution in [2.75, 3.05) is 41.0 Å². The van der Waals surface area contributed by atoms with Crippen LogP contribution >= 0.6 is 0 Å². The maximum absolute atomic E-state index is 12.8. The van der Waals surface area contributed by atoms with Crippen LogP contribution in [0, 0.1) is 0 Å². The molecular weight excluding hydrogens is 368 g/mol. The standard InChI is InChI=1S/C23H30N2O4/c1-27-19-8-4-17(5-9-19)23(18-6-10-20(28-2)11-7-18)24-22(26)16-25-14-12-21(29-3)13-15-25/h4-11,21,23H,12-16H2,1-3H3,(H,24,26). The Morgan fingerprint density at radius 2 is 1.41 bits per heavy atom. The molecule has 6 nitrogen and oxygen atoms in total. The van der Waals surface area contributed by atoms with E-state index in [0.717, 1.165) is 48.6 Å². The SMILES string of the molecule is COc1ccc(C(NC(=O)CN2CCC(OC)CC2)c2ccc(OC)cc2)cc1. The van der Waals surface area contributed by atoms with Gasteiger partial charge >= 0.3 is 0 Å². The molecule has 2 aromatic carbocycles. The third-order valence-electron chi connectivity index (χ3n) is 5.44. The molecule has 0 spiro atoms. The lowest BCUT2D eigenvalue weighted by Gasteiger charge is -2.31. The highest BCUT2D eigenvalue weighted by molar-refractivity contribution is 5.79. The second-order valence-electron chi connectivity index (χ2n) is 7.26. The lowest BCUT2D eigenvalue weighted by atomic mass is 9.98. The number of benzene rings is 2. The lowest BCUT2D eigenvalue weighted by molar-refractivity contribution is -0.123. The zero-order valence-corrected chi connectivity index (χ0v) is 17.4. The molecular formula is C23H30N2O4. The van der Waals surface area contributed by atoms with E-state index in [9.17, 15) is 4.79 Å². The zero-order valence-electron chi connectivity index (χ0n) is 17.4. The van der Waals surface area contributed by atoms with Gasteiger partial charge in [0.25, 0.3) is 0 Å². The summed E-state index contributed by atoms with van der Waals surface area (Å²) >= 11 is 0. The van der Waals surface area contributed by atoms with Gasteiger partial charge in [-0.3, -0.25) is 9.69 Å². The number of likely N-dealkylation sites (tertiary alicyclic amines) is 1. The van der Waals surface area contributed by atoms with Gasteiger partial charge in [0, 0.05) is 20.2 Å². The zero-order chi connectivity index (χ0) is 20.6. The van der Waals surface area contributed by atoms with Crippen LogP contribution in [0.4, 0.5) is 0 Å². The molecule has 3 rings (SSSR count). The van der Waals surface area contributed by atoms with Crippen LogP contribution in [-0.4, -0.2) is 57.9 Å². The van der Waals surface area contributed by atoms with Crippen LogP contribution in [0.25, 0.3) is 0 Å². The molecule has 1 N–H and O–H groups in total. The van der Waals surface area contributed by atoms with Gasteiger partial charge in [-0.05, 0) is 48.2 Å². The number of piperidine rings is 1. The first-order valence-electron chi connectivity index (χ1n) is 9.95. The van der Waals surface area contributed by atoms with Crippen LogP contribution in [-0.2, 0) is 9.53 Å². The van der Waals surface area contributed by atoms with E-state index in [0.29, 0.717) is 12.6 Å². The van der Waals surface area contributed by atoms with Crippen molar-refractivity contribution in [3.8, 4) is 11.5 Å². The van der Waals surface area contributed by atoms with Crippen molar-refractivity contribution >= 4 is 5.91 Å². The summed E-state index contributed by atoms with van der Waals surface area (Å²) in [6.45, 7) is 2.14. The van der Waals surface area contributed by atoms with E-state index in [1.807, 2.05) is 48.5 Å². The summed E-state index contributed by atoms with van der Waals surface area (Å²) in [5, 5.41) is 3.20. The first kappa shape index (κ1) is 21.1. The first-order valence-corrected chi connectivity index (χ1v) is 9.95. The molecule has 1 saturated heterocycles. The van der Waals surface area contributed by atoms with Crippen LogP contribution in [0.5, 0.6) is 11.5 Å². The van der Waals surface area contributed by atoms with E-state index in [1.54, 1.807) is 21.3 Å². The fourth-order valence-electron chi connectivity index (χ4n) is 3.66. The fourth-order valence-corrected chi connectivity index (χ4v) is 3.66. The van der Waals surface area contributed by atoms with Gasteiger partial charge in [-0.15, -0.1) is 0 Å². The van der Waals surface area contributed by atoms with Crippen molar-refractivity contribution in [2.45, 2.75) is 25.0 Å². The van der Waals surface area contributed by atoms with Gasteiger partial charge in [-0.1, -0.05) is 24.3 Å². The number of carbonyl (C=O) groups excluding carboxylic acids is 1. The molecule has 0 saturated carbocycles. The number of ether oxygens (including phenoxy) is 3. The molecule has 0 bridgehead atoms. The minimum absolute atomic E-state index is 0.0116. The topological polar surface area (TPSA) is 60.0 Å². The second-order valence-corrected chi connectivity index (χ2v) is 7.26. The first-order chi connectivity index (χ1) is 14.1. The Bertz CT molecular complexity index is 721. The highest BCUT2D eigenvalue weighted by atomic mass is 16.5. The summed E-state index contributed by atoms with van der Waals surface area (Å²) in [4.78, 5) is 15.0. The fraction of sp³-hybridized carbons (Fsp3) is 0.435. The Balaban J connectivity index is 1.72. The number of carbonyl (C=O) groups is 1. The number of hydrogen-bond acceptors (Lipinski definition) is 5. The van der Waals surface area contributed by atoms with Crippen molar-refractivity contribution in [1.29, 1.82) is 0 Å². The minimum atomic E-state index is -0.240. The van der Waals surface area contributed by atoms with Crippen molar-refractivity contribution < 1.29 is 19.0 Å². The molecule has 1 aliphatic heterocycles. The Hall–Kier alpha value is -2.57. The summed E-state index contributed by atoms with van der Waals surface area (Å²) in [6, 6.07) is 15.3. The maximum atomic E-state index is 12.8. The number of nitrogens with zero attached hydrogens (tertiary/aromatic N) is 1. The normalized spacial score (nSPS) is 15.3. The van der Waals surface area contributed by atoms with Crippen LogP contribution < -0.4 is 14.8 Å². The van der Waals surface area contributed by atoms with Gasteiger partial charge in [0.1, 0.15) is 11.5 Å². The van der Waals surface area contributed by atoms with Crippen molar-refractivity contribution in [3.05, 3.63) is 59.7 Å². The van der Waals surface area contributed by atoms with E-state index >= 15 is 0 Å². The largest absolute Gasteiger partial charge is 0.497 e. The average molecular weight is 399 g/mol. The molecule has 1 heterocycles. The van der Waals surface area contributed by atoms with Gasteiger partial charge in [0.2, 0.25) is 5.91 Å². The molecule has 1 amide bonds. The summed E-state index contributed by atoms with van der Waals surface area (Å²) in [7, 11) is 5.04. The number of rotatable bonds is 8. The average Bonchev–Trinajstić information content (AvgIpc) is 2.78. The molecule has 0 radical (unpaired) electrons.